The van der Waals surface area contributed by atoms with Gasteiger partial charge in [-0.25, -0.2) is 4.98 Å². The van der Waals surface area contributed by atoms with Crippen LogP contribution in [0.25, 0.3) is 11.6 Å². The normalized spacial score (nSPS) is 11.1. The molecule has 3 rings (SSSR count). The van der Waals surface area contributed by atoms with Crippen molar-refractivity contribution in [1.29, 1.82) is 0 Å². The van der Waals surface area contributed by atoms with Gasteiger partial charge >= 0.3 is 0 Å². The summed E-state index contributed by atoms with van der Waals surface area (Å²) >= 11 is 0. The molecule has 0 bridgehead atoms. The first kappa shape index (κ1) is 13.6. The molecule has 3 heterocycles. The maximum absolute atomic E-state index is 5.85. The molecular formula is C15H19N5O. The van der Waals surface area contributed by atoms with Crippen LogP contribution in [0.3, 0.4) is 0 Å². The lowest BCUT2D eigenvalue weighted by Crippen LogP contribution is -2.08. The molecule has 6 nitrogen and oxygen atoms in total. The van der Waals surface area contributed by atoms with Crippen LogP contribution in [-0.4, -0.2) is 24.5 Å². The van der Waals surface area contributed by atoms with Crippen LogP contribution in [0, 0.1) is 6.92 Å². The van der Waals surface area contributed by atoms with Crippen molar-refractivity contribution >= 4 is 0 Å². The number of hydrogen-bond donors (Lipinski definition) is 0. The highest BCUT2D eigenvalue weighted by atomic mass is 16.3. The summed E-state index contributed by atoms with van der Waals surface area (Å²) < 4.78 is 9.76. The minimum Gasteiger partial charge on any atom is -0.458 e. The van der Waals surface area contributed by atoms with Crippen molar-refractivity contribution in [3.63, 3.8) is 0 Å². The topological polar surface area (TPSA) is 61.7 Å². The van der Waals surface area contributed by atoms with E-state index in [1.165, 1.54) is 0 Å². The number of aromatic nitrogens is 5. The van der Waals surface area contributed by atoms with Crippen molar-refractivity contribution in [2.24, 2.45) is 0 Å². The second kappa shape index (κ2) is 5.95. The van der Waals surface area contributed by atoms with Gasteiger partial charge in [-0.05, 0) is 25.5 Å². The van der Waals surface area contributed by atoms with Gasteiger partial charge in [0.2, 0.25) is 0 Å². The fourth-order valence-electron chi connectivity index (χ4n) is 2.31. The molecule has 0 unspecified atom stereocenters. The van der Waals surface area contributed by atoms with Gasteiger partial charge in [-0.15, -0.1) is 5.10 Å². The zero-order valence-electron chi connectivity index (χ0n) is 12.4. The average Bonchev–Trinajstić information content (AvgIpc) is 3.17. The molecule has 0 amide bonds. The van der Waals surface area contributed by atoms with Crippen molar-refractivity contribution < 1.29 is 4.42 Å². The average molecular weight is 285 g/mol. The highest BCUT2D eigenvalue weighted by Crippen LogP contribution is 2.21. The molecule has 21 heavy (non-hydrogen) atoms. The minimum absolute atomic E-state index is 0.757. The van der Waals surface area contributed by atoms with Crippen LogP contribution in [0.2, 0.25) is 0 Å². The van der Waals surface area contributed by atoms with E-state index in [-0.39, 0.29) is 0 Å². The number of furan rings is 1. The third-order valence-electron chi connectivity index (χ3n) is 3.32. The first-order valence-electron chi connectivity index (χ1n) is 7.23. The van der Waals surface area contributed by atoms with Gasteiger partial charge in [0, 0.05) is 31.6 Å². The number of nitrogens with zero attached hydrogens (tertiary/aromatic N) is 5. The Kier molecular flexibility index (Phi) is 3.85. The number of hydrogen-bond acceptors (Lipinski definition) is 4. The number of imidazole rings is 1. The van der Waals surface area contributed by atoms with Gasteiger partial charge in [0.15, 0.2) is 11.6 Å². The Labute approximate surface area is 123 Å². The summed E-state index contributed by atoms with van der Waals surface area (Å²) in [5, 5.41) is 8.05. The van der Waals surface area contributed by atoms with E-state index in [0.29, 0.717) is 0 Å². The third kappa shape index (κ3) is 3.04. The van der Waals surface area contributed by atoms with E-state index in [0.717, 1.165) is 49.0 Å². The molecule has 3 aromatic heterocycles. The maximum atomic E-state index is 5.85. The Bertz CT molecular complexity index is 709. The van der Waals surface area contributed by atoms with E-state index in [1.54, 1.807) is 6.20 Å². The molecule has 0 aliphatic carbocycles. The van der Waals surface area contributed by atoms with Crippen molar-refractivity contribution in [3.8, 4) is 11.6 Å². The molecule has 0 aromatic carbocycles. The number of aryl methyl sites for hydroxylation is 4. The Balaban J connectivity index is 1.73. The Morgan fingerprint density at radius 3 is 2.90 bits per heavy atom. The van der Waals surface area contributed by atoms with Gasteiger partial charge in [-0.3, -0.25) is 4.68 Å². The quantitative estimate of drug-likeness (QED) is 0.698. The van der Waals surface area contributed by atoms with Gasteiger partial charge in [0.05, 0.1) is 12.2 Å². The zero-order chi connectivity index (χ0) is 14.7. The molecule has 0 aliphatic rings. The van der Waals surface area contributed by atoms with E-state index < -0.39 is 0 Å². The molecule has 0 atom stereocenters. The van der Waals surface area contributed by atoms with Crippen molar-refractivity contribution in [1.82, 2.24) is 24.5 Å². The van der Waals surface area contributed by atoms with Crippen LogP contribution in [0.15, 0.2) is 35.1 Å². The molecule has 110 valence electrons. The minimum atomic E-state index is 0.757. The van der Waals surface area contributed by atoms with Gasteiger partial charge in [-0.1, -0.05) is 12.1 Å². The summed E-state index contributed by atoms with van der Waals surface area (Å²) in [6, 6.07) is 4.02. The second-order valence-electron chi connectivity index (χ2n) is 5.08. The van der Waals surface area contributed by atoms with E-state index in [2.05, 4.69) is 26.8 Å². The lowest BCUT2D eigenvalue weighted by atomic mass is 10.3. The Hall–Kier alpha value is -2.37. The highest BCUT2D eigenvalue weighted by Gasteiger charge is 2.10. The molecule has 0 aliphatic heterocycles. The molecule has 0 radical (unpaired) electrons. The maximum Gasteiger partial charge on any atom is 0.176 e. The van der Waals surface area contributed by atoms with Crippen LogP contribution in [0.1, 0.15) is 24.8 Å². The highest BCUT2D eigenvalue weighted by molar-refractivity contribution is 5.47. The van der Waals surface area contributed by atoms with Crippen LogP contribution < -0.4 is 0 Å². The first-order valence-corrected chi connectivity index (χ1v) is 7.23. The smallest absolute Gasteiger partial charge is 0.176 e. The molecule has 0 saturated carbocycles. The summed E-state index contributed by atoms with van der Waals surface area (Å²) in [5.41, 5.74) is 0.927. The SMILES string of the molecule is CCCc1ccc(-c2nccn2CCn2cc(C)nn2)o1. The molecule has 0 saturated heterocycles. The van der Waals surface area contributed by atoms with Crippen LogP contribution in [0.4, 0.5) is 0 Å². The lowest BCUT2D eigenvalue weighted by Gasteiger charge is -2.05. The van der Waals surface area contributed by atoms with Gasteiger partial charge in [-0.2, -0.15) is 0 Å². The molecule has 0 N–H and O–H groups in total. The Morgan fingerprint density at radius 1 is 1.24 bits per heavy atom. The van der Waals surface area contributed by atoms with Crippen LogP contribution >= 0.6 is 0 Å². The van der Waals surface area contributed by atoms with Crippen molar-refractivity contribution in [2.45, 2.75) is 39.8 Å². The standard InChI is InChI=1S/C15H19N5O/c1-3-4-13-5-6-14(21-13)15-16-7-8-19(15)9-10-20-11-12(2)17-18-20/h5-8,11H,3-4,9-10H2,1-2H3. The second-order valence-corrected chi connectivity index (χ2v) is 5.08. The number of rotatable bonds is 6. The van der Waals surface area contributed by atoms with E-state index in [1.807, 2.05) is 36.1 Å². The Morgan fingerprint density at radius 2 is 2.14 bits per heavy atom. The van der Waals surface area contributed by atoms with Crippen molar-refractivity contribution in [3.05, 3.63) is 42.2 Å². The summed E-state index contributed by atoms with van der Waals surface area (Å²) in [7, 11) is 0. The van der Waals surface area contributed by atoms with Gasteiger partial charge < -0.3 is 8.98 Å². The predicted molar refractivity (Wildman–Crippen MR) is 78.7 cm³/mol. The van der Waals surface area contributed by atoms with Gasteiger partial charge in [0.25, 0.3) is 0 Å². The summed E-state index contributed by atoms with van der Waals surface area (Å²) in [6.07, 6.45) is 7.72. The predicted octanol–water partition coefficient (Wildman–Crippen LogP) is 2.70. The van der Waals surface area contributed by atoms with E-state index in [9.17, 15) is 0 Å². The van der Waals surface area contributed by atoms with Gasteiger partial charge in [0.1, 0.15) is 5.76 Å². The summed E-state index contributed by atoms with van der Waals surface area (Å²) in [5.74, 6) is 2.68. The molecule has 0 spiro atoms. The fourth-order valence-corrected chi connectivity index (χ4v) is 2.31. The molecule has 0 fully saturated rings. The summed E-state index contributed by atoms with van der Waals surface area (Å²) in [6.45, 7) is 5.61. The zero-order valence-corrected chi connectivity index (χ0v) is 12.4. The van der Waals surface area contributed by atoms with Crippen LogP contribution in [-0.2, 0) is 19.5 Å². The first-order chi connectivity index (χ1) is 10.3. The third-order valence-corrected chi connectivity index (χ3v) is 3.32. The van der Waals surface area contributed by atoms with E-state index >= 15 is 0 Å². The summed E-state index contributed by atoms with van der Waals surface area (Å²) in [4.78, 5) is 4.40. The molecular weight excluding hydrogens is 266 g/mol. The molecule has 3 aromatic rings. The largest absolute Gasteiger partial charge is 0.458 e. The fraction of sp³-hybridized carbons (Fsp3) is 0.400. The molecule has 6 heteroatoms. The lowest BCUT2D eigenvalue weighted by molar-refractivity contribution is 0.496. The van der Waals surface area contributed by atoms with Crippen LogP contribution in [0.5, 0.6) is 0 Å². The van der Waals surface area contributed by atoms with Crippen molar-refractivity contribution in [2.75, 3.05) is 0 Å². The van der Waals surface area contributed by atoms with E-state index in [4.69, 9.17) is 4.42 Å². The monoisotopic (exact) mass is 285 g/mol.